The third kappa shape index (κ3) is 9.75. The summed E-state index contributed by atoms with van der Waals surface area (Å²) < 4.78 is 9.88. The fraction of sp³-hybridized carbons (Fsp3) is 0.692. The fourth-order valence-electron chi connectivity index (χ4n) is 4.32. The Morgan fingerprint density at radius 1 is 0.968 bits per heavy atom. The second-order valence-electron chi connectivity index (χ2n) is 8.74. The first kappa shape index (κ1) is 25.2. The topological polar surface area (TPSA) is 64.6 Å². The number of hydrogen-bond acceptors (Lipinski definition) is 5. The maximum absolute atomic E-state index is 12.2. The van der Waals surface area contributed by atoms with E-state index < -0.39 is 18.0 Å². The first-order valence-electron chi connectivity index (χ1n) is 12.3. The normalized spacial score (nSPS) is 15.3. The number of rotatable bonds is 14. The molecule has 0 aliphatic heterocycles. The van der Waals surface area contributed by atoms with Crippen molar-refractivity contribution in [1.29, 1.82) is 0 Å². The van der Waals surface area contributed by atoms with Gasteiger partial charge in [0.1, 0.15) is 0 Å². The molecular weight excluding hydrogens is 390 g/mol. The Bertz CT molecular complexity index is 637. The van der Waals surface area contributed by atoms with Gasteiger partial charge in [0, 0.05) is 12.2 Å². The van der Waals surface area contributed by atoms with Crippen molar-refractivity contribution in [3.63, 3.8) is 0 Å². The van der Waals surface area contributed by atoms with Crippen LogP contribution in [0.4, 0.5) is 5.69 Å². The second-order valence-corrected chi connectivity index (χ2v) is 8.74. The van der Waals surface area contributed by atoms with Gasteiger partial charge in [0.15, 0.2) is 6.10 Å². The zero-order chi connectivity index (χ0) is 22.3. The van der Waals surface area contributed by atoms with Crippen molar-refractivity contribution in [2.45, 2.75) is 96.5 Å². The van der Waals surface area contributed by atoms with Crippen LogP contribution in [0.25, 0.3) is 0 Å². The van der Waals surface area contributed by atoms with Gasteiger partial charge in [0.2, 0.25) is 0 Å². The van der Waals surface area contributed by atoms with Gasteiger partial charge in [-0.1, -0.05) is 77.6 Å². The van der Waals surface area contributed by atoms with E-state index in [0.29, 0.717) is 12.0 Å². The van der Waals surface area contributed by atoms with E-state index >= 15 is 0 Å². The van der Waals surface area contributed by atoms with Gasteiger partial charge in [0.25, 0.3) is 0 Å². The van der Waals surface area contributed by atoms with Gasteiger partial charge in [-0.05, 0) is 43.0 Å². The summed E-state index contributed by atoms with van der Waals surface area (Å²) in [5.41, 5.74) is 1.42. The molecule has 1 atom stereocenters. The zero-order valence-corrected chi connectivity index (χ0v) is 19.5. The molecule has 31 heavy (non-hydrogen) atoms. The van der Waals surface area contributed by atoms with Crippen LogP contribution in [0.3, 0.4) is 0 Å². The highest BCUT2D eigenvalue weighted by Gasteiger charge is 2.22. The molecule has 0 spiro atoms. The van der Waals surface area contributed by atoms with Crippen LogP contribution in [0.1, 0.15) is 101 Å². The lowest BCUT2D eigenvalue weighted by Gasteiger charge is -2.21. The molecule has 5 heteroatoms. The molecule has 2 rings (SSSR count). The number of benzene rings is 1. The van der Waals surface area contributed by atoms with Crippen molar-refractivity contribution in [3.8, 4) is 0 Å². The average Bonchev–Trinajstić information content (AvgIpc) is 2.81. The molecule has 0 aromatic heterocycles. The Kier molecular flexibility index (Phi) is 12.1. The number of unbranched alkanes of at least 4 members (excludes halogenated alkanes) is 5. The lowest BCUT2D eigenvalue weighted by Crippen LogP contribution is -2.27. The summed E-state index contributed by atoms with van der Waals surface area (Å²) in [4.78, 5) is 23.8. The Hall–Kier alpha value is -2.04. The molecule has 1 fully saturated rings. The molecule has 1 aliphatic rings. The molecule has 1 N–H and O–H groups in total. The zero-order valence-electron chi connectivity index (χ0n) is 19.5. The predicted molar refractivity (Wildman–Crippen MR) is 125 cm³/mol. The Balaban J connectivity index is 1.53. The van der Waals surface area contributed by atoms with Crippen molar-refractivity contribution in [3.05, 3.63) is 29.8 Å². The van der Waals surface area contributed by atoms with Gasteiger partial charge < -0.3 is 14.8 Å². The van der Waals surface area contributed by atoms with Gasteiger partial charge in [-0.15, -0.1) is 0 Å². The van der Waals surface area contributed by atoms with Gasteiger partial charge in [-0.2, -0.15) is 0 Å². The van der Waals surface area contributed by atoms with Gasteiger partial charge in [-0.3, -0.25) is 0 Å². The standard InChI is InChI=1S/C26H41NO4/c1-3-24(26(29)30-2)31-25(28)22-16-18-23(19-17-22)27-20-12-7-5-4-6-9-13-21-14-10-8-11-15-21/h16-19,21,24,27H,3-15,20H2,1-2H3. The molecule has 1 aromatic carbocycles. The van der Waals surface area contributed by atoms with E-state index in [0.717, 1.165) is 24.6 Å². The maximum Gasteiger partial charge on any atom is 0.347 e. The minimum atomic E-state index is -0.859. The minimum absolute atomic E-state index is 0.387. The summed E-state index contributed by atoms with van der Waals surface area (Å²) in [5, 5.41) is 3.41. The Labute approximate surface area is 188 Å². The number of esters is 2. The summed E-state index contributed by atoms with van der Waals surface area (Å²) in [5.74, 6) is -0.0160. The van der Waals surface area contributed by atoms with Crippen LogP contribution in [0.15, 0.2) is 24.3 Å². The number of ether oxygens (including phenoxy) is 2. The van der Waals surface area contributed by atoms with Crippen LogP contribution in [0, 0.1) is 5.92 Å². The summed E-state index contributed by atoms with van der Waals surface area (Å²) in [7, 11) is 1.29. The van der Waals surface area contributed by atoms with E-state index in [1.54, 1.807) is 19.1 Å². The predicted octanol–water partition coefficient (Wildman–Crippen LogP) is 6.52. The van der Waals surface area contributed by atoms with Gasteiger partial charge >= 0.3 is 11.9 Å². The van der Waals surface area contributed by atoms with E-state index in [2.05, 4.69) is 10.1 Å². The van der Waals surface area contributed by atoms with Crippen LogP contribution in [0.5, 0.6) is 0 Å². The summed E-state index contributed by atoms with van der Waals surface area (Å²) in [6.45, 7) is 2.71. The van der Waals surface area contributed by atoms with E-state index in [-0.39, 0.29) is 0 Å². The third-order valence-corrected chi connectivity index (χ3v) is 6.30. The van der Waals surface area contributed by atoms with Crippen LogP contribution in [0.2, 0.25) is 0 Å². The molecule has 0 bridgehead atoms. The van der Waals surface area contributed by atoms with E-state index in [4.69, 9.17) is 4.74 Å². The number of hydrogen-bond donors (Lipinski definition) is 1. The molecule has 0 amide bonds. The largest absolute Gasteiger partial charge is 0.466 e. The molecule has 1 unspecified atom stereocenters. The van der Waals surface area contributed by atoms with E-state index in [1.807, 2.05) is 12.1 Å². The fourth-order valence-corrected chi connectivity index (χ4v) is 4.32. The molecule has 1 saturated carbocycles. The molecule has 1 aromatic rings. The van der Waals surface area contributed by atoms with Crippen molar-refractivity contribution < 1.29 is 19.1 Å². The first-order chi connectivity index (χ1) is 15.1. The summed E-state index contributed by atoms with van der Waals surface area (Å²) in [6.07, 6.45) is 16.2. The first-order valence-corrected chi connectivity index (χ1v) is 12.3. The molecule has 0 radical (unpaired) electrons. The van der Waals surface area contributed by atoms with E-state index in [1.165, 1.54) is 77.7 Å². The van der Waals surface area contributed by atoms with Crippen LogP contribution >= 0.6 is 0 Å². The second kappa shape index (κ2) is 14.9. The van der Waals surface area contributed by atoms with Crippen molar-refractivity contribution in [2.24, 2.45) is 5.92 Å². The molecule has 1 aliphatic carbocycles. The highest BCUT2D eigenvalue weighted by Crippen LogP contribution is 2.28. The number of anilines is 1. The van der Waals surface area contributed by atoms with Crippen LogP contribution in [-0.4, -0.2) is 31.7 Å². The minimum Gasteiger partial charge on any atom is -0.466 e. The van der Waals surface area contributed by atoms with Crippen molar-refractivity contribution in [2.75, 3.05) is 19.0 Å². The van der Waals surface area contributed by atoms with Gasteiger partial charge in [0.05, 0.1) is 12.7 Å². The third-order valence-electron chi connectivity index (χ3n) is 6.30. The molecule has 0 heterocycles. The Morgan fingerprint density at radius 2 is 1.61 bits per heavy atom. The molecular formula is C26H41NO4. The SMILES string of the molecule is CCC(OC(=O)c1ccc(NCCCCCCCCC2CCCCC2)cc1)C(=O)OC. The molecule has 5 nitrogen and oxygen atoms in total. The maximum atomic E-state index is 12.2. The average molecular weight is 432 g/mol. The van der Waals surface area contributed by atoms with Gasteiger partial charge in [-0.25, -0.2) is 9.59 Å². The monoisotopic (exact) mass is 431 g/mol. The van der Waals surface area contributed by atoms with Crippen LogP contribution < -0.4 is 5.32 Å². The molecule has 174 valence electrons. The Morgan fingerprint density at radius 3 is 2.26 bits per heavy atom. The van der Waals surface area contributed by atoms with Crippen molar-refractivity contribution >= 4 is 17.6 Å². The summed E-state index contributed by atoms with van der Waals surface area (Å²) >= 11 is 0. The summed E-state index contributed by atoms with van der Waals surface area (Å²) in [6, 6.07) is 7.20. The number of carbonyl (C=O) groups is 2. The number of nitrogens with one attached hydrogen (secondary N) is 1. The van der Waals surface area contributed by atoms with E-state index in [9.17, 15) is 9.59 Å². The quantitative estimate of drug-likeness (QED) is 0.268. The van der Waals surface area contributed by atoms with Crippen LogP contribution in [-0.2, 0) is 14.3 Å². The lowest BCUT2D eigenvalue weighted by atomic mass is 9.85. The van der Waals surface area contributed by atoms with Crippen molar-refractivity contribution in [1.82, 2.24) is 0 Å². The highest BCUT2D eigenvalue weighted by molar-refractivity contribution is 5.91. The highest BCUT2D eigenvalue weighted by atomic mass is 16.6. The molecule has 0 saturated heterocycles. The smallest absolute Gasteiger partial charge is 0.347 e. The number of methoxy groups -OCH3 is 1. The lowest BCUT2D eigenvalue weighted by molar-refractivity contribution is -0.151. The number of carbonyl (C=O) groups excluding carboxylic acids is 2.